The van der Waals surface area contributed by atoms with Crippen LogP contribution in [-0.2, 0) is 0 Å². The van der Waals surface area contributed by atoms with Gasteiger partial charge < -0.3 is 5.32 Å². The Labute approximate surface area is 190 Å². The molecular weight excluding hydrogens is 422 g/mol. The molecule has 1 aromatic carbocycles. The average Bonchev–Trinajstić information content (AvgIpc) is 3.36. The minimum Gasteiger partial charge on any atom is -0.306 e. The van der Waals surface area contributed by atoms with Crippen molar-refractivity contribution in [3.63, 3.8) is 0 Å². The van der Waals surface area contributed by atoms with Crippen molar-refractivity contribution >= 4 is 28.4 Å². The van der Waals surface area contributed by atoms with E-state index in [2.05, 4.69) is 15.5 Å². The van der Waals surface area contributed by atoms with Crippen LogP contribution >= 0.6 is 0 Å². The van der Waals surface area contributed by atoms with Gasteiger partial charge in [0.15, 0.2) is 5.65 Å². The van der Waals surface area contributed by atoms with Crippen molar-refractivity contribution < 1.29 is 9.72 Å². The summed E-state index contributed by atoms with van der Waals surface area (Å²) in [6.07, 6.45) is 1.67. The SMILES string of the molecule is Cc1cc(NC(=O)c2cc(C(C)C)nc3c2cnn3C(C)C)n(-c2ccc([N+](=O)[O-])cc2)n1. The van der Waals surface area contributed by atoms with Gasteiger partial charge in [0.05, 0.1) is 33.5 Å². The fourth-order valence-corrected chi connectivity index (χ4v) is 3.58. The Bertz CT molecular complexity index is 1350. The summed E-state index contributed by atoms with van der Waals surface area (Å²) in [5.74, 6) is 0.277. The normalized spacial score (nSPS) is 11.5. The Hall–Kier alpha value is -4.08. The molecule has 10 nitrogen and oxygen atoms in total. The molecule has 4 rings (SSSR count). The average molecular weight is 447 g/mol. The number of benzene rings is 1. The molecule has 3 aromatic heterocycles. The van der Waals surface area contributed by atoms with E-state index in [1.165, 1.54) is 12.1 Å². The summed E-state index contributed by atoms with van der Waals surface area (Å²) in [5.41, 5.74) is 3.22. The predicted molar refractivity (Wildman–Crippen MR) is 125 cm³/mol. The second-order valence-electron chi connectivity index (χ2n) is 8.48. The number of carbonyl (C=O) groups excluding carboxylic acids is 1. The van der Waals surface area contributed by atoms with Crippen molar-refractivity contribution in [1.29, 1.82) is 0 Å². The number of aryl methyl sites for hydroxylation is 1. The molecule has 0 fully saturated rings. The summed E-state index contributed by atoms with van der Waals surface area (Å²) in [6, 6.07) is 9.63. The molecule has 170 valence electrons. The maximum Gasteiger partial charge on any atom is 0.269 e. The van der Waals surface area contributed by atoms with Crippen molar-refractivity contribution in [3.8, 4) is 5.69 Å². The number of nitrogens with one attached hydrogen (secondary N) is 1. The molecule has 0 aliphatic carbocycles. The molecule has 1 N–H and O–H groups in total. The molecule has 4 aromatic rings. The Morgan fingerprint density at radius 3 is 2.42 bits per heavy atom. The first-order chi connectivity index (χ1) is 15.7. The molecule has 0 spiro atoms. The third-order valence-corrected chi connectivity index (χ3v) is 5.29. The van der Waals surface area contributed by atoms with E-state index in [4.69, 9.17) is 4.98 Å². The zero-order valence-electron chi connectivity index (χ0n) is 19.1. The largest absolute Gasteiger partial charge is 0.306 e. The summed E-state index contributed by atoms with van der Waals surface area (Å²) in [7, 11) is 0. The van der Waals surface area contributed by atoms with Crippen LogP contribution in [0.4, 0.5) is 11.5 Å². The van der Waals surface area contributed by atoms with Crippen LogP contribution in [0.25, 0.3) is 16.7 Å². The highest BCUT2D eigenvalue weighted by atomic mass is 16.6. The van der Waals surface area contributed by atoms with E-state index in [0.717, 1.165) is 5.69 Å². The van der Waals surface area contributed by atoms with E-state index in [-0.39, 0.29) is 23.6 Å². The van der Waals surface area contributed by atoms with Gasteiger partial charge in [-0.1, -0.05) is 13.8 Å². The Balaban J connectivity index is 1.74. The molecule has 0 aliphatic heterocycles. The van der Waals surface area contributed by atoms with Crippen molar-refractivity contribution in [1.82, 2.24) is 24.5 Å². The van der Waals surface area contributed by atoms with Crippen LogP contribution in [0.5, 0.6) is 0 Å². The second kappa shape index (κ2) is 8.45. The number of hydrogen-bond donors (Lipinski definition) is 1. The Kier molecular flexibility index (Phi) is 5.67. The van der Waals surface area contributed by atoms with Gasteiger partial charge in [-0.2, -0.15) is 10.2 Å². The molecule has 0 unspecified atom stereocenters. The maximum atomic E-state index is 13.4. The molecule has 33 heavy (non-hydrogen) atoms. The van der Waals surface area contributed by atoms with Crippen LogP contribution in [0.15, 0.2) is 42.6 Å². The Morgan fingerprint density at radius 1 is 1.12 bits per heavy atom. The molecule has 0 saturated heterocycles. The zero-order valence-corrected chi connectivity index (χ0v) is 19.1. The van der Waals surface area contributed by atoms with Crippen molar-refractivity contribution in [2.45, 2.75) is 46.6 Å². The van der Waals surface area contributed by atoms with Crippen LogP contribution in [0, 0.1) is 17.0 Å². The smallest absolute Gasteiger partial charge is 0.269 e. The van der Waals surface area contributed by atoms with Gasteiger partial charge in [-0.05, 0) is 44.9 Å². The van der Waals surface area contributed by atoms with Gasteiger partial charge in [-0.3, -0.25) is 14.9 Å². The molecule has 0 atom stereocenters. The van der Waals surface area contributed by atoms with E-state index in [1.807, 2.05) is 39.3 Å². The lowest BCUT2D eigenvalue weighted by molar-refractivity contribution is -0.384. The first-order valence-corrected chi connectivity index (χ1v) is 10.7. The number of nitro benzene ring substituents is 1. The number of nitrogens with zero attached hydrogens (tertiary/aromatic N) is 6. The van der Waals surface area contributed by atoms with E-state index in [1.54, 1.807) is 35.1 Å². The third kappa shape index (κ3) is 4.19. The summed E-state index contributed by atoms with van der Waals surface area (Å²) >= 11 is 0. The number of carbonyl (C=O) groups is 1. The summed E-state index contributed by atoms with van der Waals surface area (Å²) < 4.78 is 3.36. The fraction of sp³-hybridized carbons (Fsp3) is 0.304. The van der Waals surface area contributed by atoms with E-state index in [9.17, 15) is 14.9 Å². The monoisotopic (exact) mass is 447 g/mol. The number of rotatable bonds is 6. The number of anilines is 1. The van der Waals surface area contributed by atoms with E-state index >= 15 is 0 Å². The number of amides is 1. The van der Waals surface area contributed by atoms with Gasteiger partial charge in [0.2, 0.25) is 0 Å². The number of non-ortho nitro benzene ring substituents is 1. The van der Waals surface area contributed by atoms with Crippen LogP contribution in [0.3, 0.4) is 0 Å². The second-order valence-corrected chi connectivity index (χ2v) is 8.48. The van der Waals surface area contributed by atoms with Crippen molar-refractivity contribution in [3.05, 3.63) is 69.7 Å². The third-order valence-electron chi connectivity index (χ3n) is 5.29. The first-order valence-electron chi connectivity index (χ1n) is 10.7. The number of hydrogen-bond acceptors (Lipinski definition) is 6. The summed E-state index contributed by atoms with van der Waals surface area (Å²) in [4.78, 5) is 28.7. The van der Waals surface area contributed by atoms with E-state index < -0.39 is 4.92 Å². The van der Waals surface area contributed by atoms with Crippen molar-refractivity contribution in [2.24, 2.45) is 0 Å². The van der Waals surface area contributed by atoms with Crippen LogP contribution < -0.4 is 5.32 Å². The van der Waals surface area contributed by atoms with Gasteiger partial charge in [-0.25, -0.2) is 14.3 Å². The summed E-state index contributed by atoms with van der Waals surface area (Å²) in [6.45, 7) is 9.90. The van der Waals surface area contributed by atoms with Crippen LogP contribution in [-0.4, -0.2) is 35.4 Å². The van der Waals surface area contributed by atoms with Gasteiger partial charge in [-0.15, -0.1) is 0 Å². The topological polar surface area (TPSA) is 121 Å². The molecule has 0 saturated carbocycles. The van der Waals surface area contributed by atoms with Crippen LogP contribution in [0.1, 0.15) is 61.4 Å². The fourth-order valence-electron chi connectivity index (χ4n) is 3.58. The lowest BCUT2D eigenvalue weighted by Crippen LogP contribution is -2.16. The number of pyridine rings is 1. The standard InChI is InChI=1S/C23H25N7O3/c1-13(2)20-11-18(19-12-24-28(14(3)4)22(19)25-20)23(31)26-21-10-15(5)27-29(21)16-6-8-17(9-7-16)30(32)33/h6-14H,1-5H3,(H,26,31). The molecule has 0 bridgehead atoms. The molecule has 1 amide bonds. The molecular formula is C23H25N7O3. The highest BCUT2D eigenvalue weighted by Crippen LogP contribution is 2.26. The van der Waals surface area contributed by atoms with Gasteiger partial charge >= 0.3 is 0 Å². The van der Waals surface area contributed by atoms with Gasteiger partial charge in [0.25, 0.3) is 11.6 Å². The zero-order chi connectivity index (χ0) is 23.9. The number of nitro groups is 1. The van der Waals surface area contributed by atoms with Gasteiger partial charge in [0, 0.05) is 29.9 Å². The van der Waals surface area contributed by atoms with Gasteiger partial charge in [0.1, 0.15) is 5.82 Å². The highest BCUT2D eigenvalue weighted by Gasteiger charge is 2.21. The number of aromatic nitrogens is 5. The minimum absolute atomic E-state index is 0.0178. The minimum atomic E-state index is -0.459. The van der Waals surface area contributed by atoms with E-state index in [0.29, 0.717) is 33.8 Å². The highest BCUT2D eigenvalue weighted by molar-refractivity contribution is 6.11. The lowest BCUT2D eigenvalue weighted by Gasteiger charge is -2.13. The summed E-state index contributed by atoms with van der Waals surface area (Å²) in [5, 5.41) is 23.5. The molecule has 10 heteroatoms. The quantitative estimate of drug-likeness (QED) is 0.335. The Morgan fingerprint density at radius 2 is 1.82 bits per heavy atom. The maximum absolute atomic E-state index is 13.4. The molecule has 0 aliphatic rings. The van der Waals surface area contributed by atoms with Crippen molar-refractivity contribution in [2.75, 3.05) is 5.32 Å². The molecule has 0 radical (unpaired) electrons. The first kappa shape index (κ1) is 22.1. The lowest BCUT2D eigenvalue weighted by atomic mass is 10.0. The predicted octanol–water partition coefficient (Wildman–Crippen LogP) is 4.79. The molecule has 3 heterocycles. The number of fused-ring (bicyclic) bond motifs is 1. The van der Waals surface area contributed by atoms with Crippen LogP contribution in [0.2, 0.25) is 0 Å².